The molecular weight excluding hydrogens is 396 g/mol. The number of thiazole rings is 1. The van der Waals surface area contributed by atoms with Gasteiger partial charge in [0.15, 0.2) is 0 Å². The van der Waals surface area contributed by atoms with E-state index in [0.717, 1.165) is 27.4 Å². The molecule has 0 atom stereocenters. The van der Waals surface area contributed by atoms with Crippen LogP contribution in [-0.2, 0) is 11.3 Å². The Kier molecular flexibility index (Phi) is 5.53. The molecule has 1 N–H and O–H groups in total. The van der Waals surface area contributed by atoms with Gasteiger partial charge in [-0.25, -0.2) is 13.8 Å². The highest BCUT2D eigenvalue weighted by Gasteiger charge is 2.29. The molecule has 0 saturated carbocycles. The molecule has 29 heavy (non-hydrogen) atoms. The number of fused-ring (bicyclic) bond motifs is 1. The van der Waals surface area contributed by atoms with Crippen LogP contribution in [0.4, 0.5) is 8.78 Å². The molecule has 0 radical (unpaired) electrons. The van der Waals surface area contributed by atoms with E-state index in [0.29, 0.717) is 38.5 Å². The van der Waals surface area contributed by atoms with Gasteiger partial charge >= 0.3 is 0 Å². The lowest BCUT2D eigenvalue weighted by molar-refractivity contribution is -0.126. The van der Waals surface area contributed by atoms with Crippen LogP contribution >= 0.6 is 11.3 Å². The van der Waals surface area contributed by atoms with Crippen molar-refractivity contribution in [1.82, 2.24) is 15.2 Å². The molecule has 3 aromatic rings. The number of nitrogens with one attached hydrogen (secondary N) is 1. The summed E-state index contributed by atoms with van der Waals surface area (Å²) in [6, 6.07) is 10.7. The number of likely N-dealkylation sites (tertiary alicyclic amines) is 1. The van der Waals surface area contributed by atoms with E-state index in [1.165, 1.54) is 4.90 Å². The minimum atomic E-state index is -0.870. The number of benzene rings is 2. The second-order valence-corrected chi connectivity index (χ2v) is 8.10. The van der Waals surface area contributed by atoms with Gasteiger partial charge in [-0.1, -0.05) is 12.1 Å². The number of hydrogen-bond acceptors (Lipinski definition) is 4. The molecule has 0 bridgehead atoms. The number of piperidine rings is 1. The molecular formula is C21H19F2N3O2S. The van der Waals surface area contributed by atoms with E-state index in [2.05, 4.69) is 10.3 Å². The lowest BCUT2D eigenvalue weighted by atomic mass is 9.95. The van der Waals surface area contributed by atoms with Gasteiger partial charge in [0.1, 0.15) is 16.6 Å². The van der Waals surface area contributed by atoms with Crippen LogP contribution in [0.2, 0.25) is 0 Å². The van der Waals surface area contributed by atoms with Gasteiger partial charge in [0.2, 0.25) is 5.91 Å². The van der Waals surface area contributed by atoms with Gasteiger partial charge in [0.25, 0.3) is 5.91 Å². The van der Waals surface area contributed by atoms with Crippen LogP contribution in [0.1, 0.15) is 28.2 Å². The number of amides is 2. The average Bonchev–Trinajstić information content (AvgIpc) is 3.15. The van der Waals surface area contributed by atoms with Gasteiger partial charge in [0.05, 0.1) is 22.3 Å². The highest BCUT2D eigenvalue weighted by atomic mass is 32.1. The van der Waals surface area contributed by atoms with Crippen LogP contribution in [0.3, 0.4) is 0 Å². The Balaban J connectivity index is 1.30. The van der Waals surface area contributed by atoms with Crippen molar-refractivity contribution in [3.05, 3.63) is 64.7 Å². The number of rotatable bonds is 4. The molecule has 1 aliphatic heterocycles. The lowest BCUT2D eigenvalue weighted by Crippen LogP contribution is -2.43. The SMILES string of the molecule is O=C(NCc1nc2ccccc2s1)C1CCN(C(=O)c2ccc(F)cc2F)CC1. The average molecular weight is 415 g/mol. The number of para-hydroxylation sites is 1. The first-order valence-corrected chi connectivity index (χ1v) is 10.2. The van der Waals surface area contributed by atoms with Gasteiger partial charge in [-0.15, -0.1) is 11.3 Å². The van der Waals surface area contributed by atoms with Crippen LogP contribution in [0.5, 0.6) is 0 Å². The fourth-order valence-electron chi connectivity index (χ4n) is 3.48. The van der Waals surface area contributed by atoms with E-state index in [4.69, 9.17) is 0 Å². The first-order chi connectivity index (χ1) is 14.0. The van der Waals surface area contributed by atoms with Crippen LogP contribution < -0.4 is 5.32 Å². The first kappa shape index (κ1) is 19.4. The summed E-state index contributed by atoms with van der Waals surface area (Å²) in [7, 11) is 0. The molecule has 2 heterocycles. The Morgan fingerprint density at radius 2 is 1.90 bits per heavy atom. The highest BCUT2D eigenvalue weighted by molar-refractivity contribution is 7.18. The summed E-state index contributed by atoms with van der Waals surface area (Å²) in [5.74, 6) is -2.33. The van der Waals surface area contributed by atoms with Gasteiger partial charge in [-0.2, -0.15) is 0 Å². The molecule has 0 unspecified atom stereocenters. The summed E-state index contributed by atoms with van der Waals surface area (Å²) in [6.45, 7) is 1.09. The summed E-state index contributed by atoms with van der Waals surface area (Å²) >= 11 is 1.55. The van der Waals surface area contributed by atoms with E-state index < -0.39 is 17.5 Å². The maximum Gasteiger partial charge on any atom is 0.256 e. The Labute approximate surface area is 170 Å². The van der Waals surface area contributed by atoms with Crippen molar-refractivity contribution in [2.45, 2.75) is 19.4 Å². The Bertz CT molecular complexity index is 1030. The molecule has 150 valence electrons. The number of carbonyl (C=O) groups excluding carboxylic acids is 2. The molecule has 0 spiro atoms. The van der Waals surface area contributed by atoms with Crippen molar-refractivity contribution in [2.75, 3.05) is 13.1 Å². The Morgan fingerprint density at radius 1 is 1.14 bits per heavy atom. The van der Waals surface area contributed by atoms with E-state index in [1.807, 2.05) is 24.3 Å². The van der Waals surface area contributed by atoms with Gasteiger partial charge in [0, 0.05) is 25.1 Å². The number of nitrogens with zero attached hydrogens (tertiary/aromatic N) is 2. The molecule has 4 rings (SSSR count). The quantitative estimate of drug-likeness (QED) is 0.706. The molecule has 2 aromatic carbocycles. The van der Waals surface area contributed by atoms with Crippen molar-refractivity contribution in [1.29, 1.82) is 0 Å². The maximum absolute atomic E-state index is 13.8. The largest absolute Gasteiger partial charge is 0.349 e. The molecule has 0 aliphatic carbocycles. The Morgan fingerprint density at radius 3 is 2.62 bits per heavy atom. The van der Waals surface area contributed by atoms with Crippen molar-refractivity contribution in [2.24, 2.45) is 5.92 Å². The van der Waals surface area contributed by atoms with Crippen LogP contribution in [0.25, 0.3) is 10.2 Å². The Hall–Kier alpha value is -2.87. The van der Waals surface area contributed by atoms with Crippen LogP contribution in [0.15, 0.2) is 42.5 Å². The van der Waals surface area contributed by atoms with Gasteiger partial charge in [-0.3, -0.25) is 9.59 Å². The zero-order valence-corrected chi connectivity index (χ0v) is 16.3. The van der Waals surface area contributed by atoms with Gasteiger partial charge < -0.3 is 10.2 Å². The number of aromatic nitrogens is 1. The summed E-state index contributed by atoms with van der Waals surface area (Å²) in [5, 5.41) is 3.77. The zero-order valence-electron chi connectivity index (χ0n) is 15.5. The summed E-state index contributed by atoms with van der Waals surface area (Å²) in [4.78, 5) is 31.0. The summed E-state index contributed by atoms with van der Waals surface area (Å²) < 4.78 is 28.0. The van der Waals surface area contributed by atoms with Crippen LogP contribution in [-0.4, -0.2) is 34.8 Å². The predicted molar refractivity (Wildman–Crippen MR) is 106 cm³/mol. The molecule has 1 saturated heterocycles. The lowest BCUT2D eigenvalue weighted by Gasteiger charge is -2.31. The van der Waals surface area contributed by atoms with E-state index in [-0.39, 0.29) is 17.4 Å². The maximum atomic E-state index is 13.8. The van der Waals surface area contributed by atoms with Crippen molar-refractivity contribution in [3.8, 4) is 0 Å². The molecule has 5 nitrogen and oxygen atoms in total. The third kappa shape index (κ3) is 4.27. The van der Waals surface area contributed by atoms with Crippen molar-refractivity contribution in [3.63, 3.8) is 0 Å². The minimum Gasteiger partial charge on any atom is -0.349 e. The standard InChI is InChI=1S/C21H19F2N3O2S/c22-14-5-6-15(16(23)11-14)21(28)26-9-7-13(8-10-26)20(27)24-12-19-25-17-3-1-2-4-18(17)29-19/h1-6,11,13H,7-10,12H2,(H,24,27). The number of carbonyl (C=O) groups is 2. The van der Waals surface area contributed by atoms with E-state index >= 15 is 0 Å². The zero-order chi connectivity index (χ0) is 20.4. The number of halogens is 2. The monoisotopic (exact) mass is 415 g/mol. The van der Waals surface area contributed by atoms with Crippen LogP contribution in [0, 0.1) is 17.6 Å². The number of hydrogen-bond donors (Lipinski definition) is 1. The third-order valence-corrected chi connectivity index (χ3v) is 6.10. The van der Waals surface area contributed by atoms with Crippen molar-refractivity contribution >= 4 is 33.4 Å². The highest BCUT2D eigenvalue weighted by Crippen LogP contribution is 2.23. The van der Waals surface area contributed by atoms with Crippen molar-refractivity contribution < 1.29 is 18.4 Å². The van der Waals surface area contributed by atoms with E-state index in [9.17, 15) is 18.4 Å². The topological polar surface area (TPSA) is 62.3 Å². The molecule has 1 aliphatic rings. The second kappa shape index (κ2) is 8.24. The second-order valence-electron chi connectivity index (χ2n) is 6.98. The fraction of sp³-hybridized carbons (Fsp3) is 0.286. The third-order valence-electron chi connectivity index (χ3n) is 5.07. The first-order valence-electron chi connectivity index (χ1n) is 9.38. The molecule has 1 aromatic heterocycles. The summed E-state index contributed by atoms with van der Waals surface area (Å²) in [5.41, 5.74) is 0.770. The minimum absolute atomic E-state index is 0.0654. The van der Waals surface area contributed by atoms with Gasteiger partial charge in [-0.05, 0) is 37.1 Å². The fourth-order valence-corrected chi connectivity index (χ4v) is 4.39. The molecule has 2 amide bonds. The normalized spacial score (nSPS) is 14.9. The smallest absolute Gasteiger partial charge is 0.256 e. The molecule has 8 heteroatoms. The van der Waals surface area contributed by atoms with E-state index in [1.54, 1.807) is 11.3 Å². The predicted octanol–water partition coefficient (Wildman–Crippen LogP) is 3.74. The summed E-state index contributed by atoms with van der Waals surface area (Å²) in [6.07, 6.45) is 1.00. The molecule has 1 fully saturated rings.